The number of ether oxygens (including phenoxy) is 1. The van der Waals surface area contributed by atoms with Gasteiger partial charge in [0.2, 0.25) is 0 Å². The van der Waals surface area contributed by atoms with Crippen LogP contribution in [-0.4, -0.2) is 51.1 Å². The van der Waals surface area contributed by atoms with Crippen LogP contribution in [0.3, 0.4) is 0 Å². The second-order valence-corrected chi connectivity index (χ2v) is 5.17. The van der Waals surface area contributed by atoms with Gasteiger partial charge in [0.1, 0.15) is 5.60 Å². The molecule has 2 atom stereocenters. The van der Waals surface area contributed by atoms with Crippen LogP contribution in [0.1, 0.15) is 33.6 Å². The molecule has 0 unspecified atom stereocenters. The van der Waals surface area contributed by atoms with Gasteiger partial charge in [-0.05, 0) is 33.6 Å². The predicted molar refractivity (Wildman–Crippen MR) is 61.2 cm³/mol. The van der Waals surface area contributed by atoms with E-state index in [-0.39, 0.29) is 12.8 Å². The highest BCUT2D eigenvalue weighted by Crippen LogP contribution is 2.23. The number of hydroxylamine groups is 2. The molecule has 0 aromatic rings. The van der Waals surface area contributed by atoms with Crippen molar-refractivity contribution >= 4 is 18.0 Å². The molecule has 1 fully saturated rings. The number of carboxylic acids is 2. The highest BCUT2D eigenvalue weighted by Gasteiger charge is 2.41. The van der Waals surface area contributed by atoms with Crippen LogP contribution in [0.2, 0.25) is 0 Å². The Morgan fingerprint density at radius 2 is 1.74 bits per heavy atom. The third kappa shape index (κ3) is 4.09. The molecule has 1 heterocycles. The molecule has 1 aliphatic heterocycles. The summed E-state index contributed by atoms with van der Waals surface area (Å²) in [5.41, 5.74) is -0.834. The van der Waals surface area contributed by atoms with Gasteiger partial charge in [-0.1, -0.05) is 0 Å². The molecule has 8 heteroatoms. The lowest BCUT2D eigenvalue weighted by atomic mass is 10.1. The topological polar surface area (TPSA) is 113 Å². The minimum Gasteiger partial charge on any atom is -0.480 e. The Morgan fingerprint density at radius 3 is 2.16 bits per heavy atom. The number of carbonyl (C=O) groups excluding carboxylic acids is 1. The van der Waals surface area contributed by atoms with Crippen molar-refractivity contribution in [2.24, 2.45) is 0 Å². The van der Waals surface area contributed by atoms with E-state index in [9.17, 15) is 14.4 Å². The standard InChI is InChI=1S/C11H17NO7/c1-11(2,3)18-10(17)12-6(8(13)14)4-5-7(19-12)9(15)16/h6-7H,4-5H2,1-3H3,(H,13,14)(H,15,16)/t6-,7+/m0/s1. The van der Waals surface area contributed by atoms with E-state index in [0.717, 1.165) is 0 Å². The number of carboxylic acid groups (broad SMARTS) is 2. The molecule has 1 saturated heterocycles. The van der Waals surface area contributed by atoms with Gasteiger partial charge in [-0.2, -0.15) is 5.06 Å². The van der Waals surface area contributed by atoms with Crippen LogP contribution in [-0.2, 0) is 19.2 Å². The van der Waals surface area contributed by atoms with Crippen molar-refractivity contribution < 1.29 is 34.2 Å². The normalized spacial score (nSPS) is 23.8. The second-order valence-electron chi connectivity index (χ2n) is 5.17. The average Bonchev–Trinajstić information content (AvgIpc) is 2.25. The first-order valence-corrected chi connectivity index (χ1v) is 5.76. The van der Waals surface area contributed by atoms with E-state index < -0.39 is 35.8 Å². The highest BCUT2D eigenvalue weighted by molar-refractivity contribution is 5.80. The van der Waals surface area contributed by atoms with Crippen molar-refractivity contribution in [2.75, 3.05) is 0 Å². The summed E-state index contributed by atoms with van der Waals surface area (Å²) >= 11 is 0. The van der Waals surface area contributed by atoms with Crippen molar-refractivity contribution in [1.82, 2.24) is 5.06 Å². The Hall–Kier alpha value is -1.83. The Morgan fingerprint density at radius 1 is 1.16 bits per heavy atom. The number of carbonyl (C=O) groups is 3. The van der Waals surface area contributed by atoms with E-state index in [0.29, 0.717) is 5.06 Å². The zero-order valence-corrected chi connectivity index (χ0v) is 11.0. The number of hydrogen-bond donors (Lipinski definition) is 2. The molecule has 108 valence electrons. The molecule has 0 radical (unpaired) electrons. The molecule has 0 aromatic carbocycles. The monoisotopic (exact) mass is 275 g/mol. The van der Waals surface area contributed by atoms with Crippen molar-refractivity contribution in [3.63, 3.8) is 0 Å². The average molecular weight is 275 g/mol. The summed E-state index contributed by atoms with van der Waals surface area (Å²) in [6.45, 7) is 4.83. The van der Waals surface area contributed by atoms with Gasteiger partial charge in [-0.25, -0.2) is 14.4 Å². The maximum absolute atomic E-state index is 11.8. The minimum atomic E-state index is -1.27. The van der Waals surface area contributed by atoms with Gasteiger partial charge < -0.3 is 14.9 Å². The molecule has 1 rings (SSSR count). The van der Waals surface area contributed by atoms with Gasteiger partial charge in [-0.15, -0.1) is 0 Å². The third-order valence-electron chi connectivity index (χ3n) is 2.36. The van der Waals surface area contributed by atoms with E-state index in [4.69, 9.17) is 19.8 Å². The van der Waals surface area contributed by atoms with Gasteiger partial charge in [0.05, 0.1) is 0 Å². The lowest BCUT2D eigenvalue weighted by Gasteiger charge is -2.35. The molecule has 1 amide bonds. The number of rotatable bonds is 2. The Bertz CT molecular complexity index is 387. The van der Waals surface area contributed by atoms with Crippen LogP contribution in [0.5, 0.6) is 0 Å². The fourth-order valence-corrected chi connectivity index (χ4v) is 1.56. The Kier molecular flexibility index (Phi) is 4.35. The van der Waals surface area contributed by atoms with Crippen LogP contribution in [0, 0.1) is 0 Å². The number of amides is 1. The van der Waals surface area contributed by atoms with E-state index in [1.54, 1.807) is 20.8 Å². The third-order valence-corrected chi connectivity index (χ3v) is 2.36. The molecule has 19 heavy (non-hydrogen) atoms. The first kappa shape index (κ1) is 15.2. The Labute approximate surface area is 109 Å². The molecule has 0 aromatic heterocycles. The highest BCUT2D eigenvalue weighted by atomic mass is 16.7. The van der Waals surface area contributed by atoms with Crippen LogP contribution >= 0.6 is 0 Å². The van der Waals surface area contributed by atoms with Gasteiger partial charge in [0, 0.05) is 0 Å². The summed E-state index contributed by atoms with van der Waals surface area (Å²) in [5.74, 6) is -2.52. The summed E-state index contributed by atoms with van der Waals surface area (Å²) < 4.78 is 4.99. The van der Waals surface area contributed by atoms with Gasteiger partial charge in [-0.3, -0.25) is 4.84 Å². The zero-order chi connectivity index (χ0) is 14.8. The molecule has 2 N–H and O–H groups in total. The SMILES string of the molecule is CC(C)(C)OC(=O)N1O[C@@H](C(=O)O)CC[C@H]1C(=O)O. The first-order valence-electron chi connectivity index (χ1n) is 5.76. The maximum Gasteiger partial charge on any atom is 0.435 e. The molecule has 0 saturated carbocycles. The largest absolute Gasteiger partial charge is 0.480 e. The summed E-state index contributed by atoms with van der Waals surface area (Å²) in [7, 11) is 0. The van der Waals surface area contributed by atoms with Crippen LogP contribution in [0.4, 0.5) is 4.79 Å². The summed E-state index contributed by atoms with van der Waals surface area (Å²) in [5, 5.41) is 18.3. The van der Waals surface area contributed by atoms with Gasteiger partial charge in [0.25, 0.3) is 0 Å². The minimum absolute atomic E-state index is 0.00839. The summed E-state index contributed by atoms with van der Waals surface area (Å²) in [4.78, 5) is 38.6. The number of aliphatic carboxylic acids is 2. The zero-order valence-electron chi connectivity index (χ0n) is 11.0. The van der Waals surface area contributed by atoms with Crippen molar-refractivity contribution in [1.29, 1.82) is 0 Å². The molecular formula is C11H17NO7. The molecular weight excluding hydrogens is 258 g/mol. The second kappa shape index (κ2) is 5.43. The van der Waals surface area contributed by atoms with Crippen LogP contribution in [0.25, 0.3) is 0 Å². The summed E-state index contributed by atoms with van der Waals surface area (Å²) in [6.07, 6.45) is -2.24. The fraction of sp³-hybridized carbons (Fsp3) is 0.727. The van der Waals surface area contributed by atoms with Gasteiger partial charge in [0.15, 0.2) is 12.1 Å². The van der Waals surface area contributed by atoms with E-state index in [2.05, 4.69) is 0 Å². The number of nitrogens with zero attached hydrogens (tertiary/aromatic N) is 1. The van der Waals surface area contributed by atoms with Crippen molar-refractivity contribution in [3.05, 3.63) is 0 Å². The van der Waals surface area contributed by atoms with Crippen molar-refractivity contribution in [3.8, 4) is 0 Å². The quantitative estimate of drug-likeness (QED) is 0.768. The van der Waals surface area contributed by atoms with E-state index in [1.165, 1.54) is 0 Å². The smallest absolute Gasteiger partial charge is 0.435 e. The van der Waals surface area contributed by atoms with Crippen LogP contribution in [0.15, 0.2) is 0 Å². The van der Waals surface area contributed by atoms with E-state index >= 15 is 0 Å². The lowest BCUT2D eigenvalue weighted by molar-refractivity contribution is -0.235. The van der Waals surface area contributed by atoms with Gasteiger partial charge >= 0.3 is 18.0 Å². The molecule has 0 spiro atoms. The molecule has 8 nitrogen and oxygen atoms in total. The fourth-order valence-electron chi connectivity index (χ4n) is 1.56. The first-order chi connectivity index (χ1) is 8.61. The predicted octanol–water partition coefficient (Wildman–Crippen LogP) is 0.855. The molecule has 1 aliphatic rings. The molecule has 0 aliphatic carbocycles. The summed E-state index contributed by atoms with van der Waals surface area (Å²) in [6, 6.07) is -1.24. The number of hydrogen-bond acceptors (Lipinski definition) is 5. The van der Waals surface area contributed by atoms with E-state index in [1.807, 2.05) is 0 Å². The maximum atomic E-state index is 11.8. The lowest BCUT2D eigenvalue weighted by Crippen LogP contribution is -2.53. The van der Waals surface area contributed by atoms with Crippen molar-refractivity contribution in [2.45, 2.75) is 51.4 Å². The Balaban J connectivity index is 2.85. The van der Waals surface area contributed by atoms with Crippen LogP contribution < -0.4 is 0 Å². The molecule has 0 bridgehead atoms.